The fraction of sp³-hybridized carbons (Fsp3) is 0.625. The van der Waals surface area contributed by atoms with E-state index in [-0.39, 0.29) is 22.4 Å². The van der Waals surface area contributed by atoms with Gasteiger partial charge in [-0.1, -0.05) is 6.42 Å². The quantitative estimate of drug-likeness (QED) is 0.625. The average Bonchev–Trinajstić information content (AvgIpc) is 3.16. The van der Waals surface area contributed by atoms with Gasteiger partial charge >= 0.3 is 0 Å². The van der Waals surface area contributed by atoms with E-state index in [0.29, 0.717) is 11.8 Å². The highest BCUT2D eigenvalue weighted by molar-refractivity contribution is 7.89. The van der Waals surface area contributed by atoms with Crippen LogP contribution in [0.5, 0.6) is 5.75 Å². The van der Waals surface area contributed by atoms with Crippen molar-refractivity contribution >= 4 is 15.7 Å². The summed E-state index contributed by atoms with van der Waals surface area (Å²) in [5, 5.41) is 10.8. The number of ether oxygens (including phenoxy) is 1. The van der Waals surface area contributed by atoms with Crippen LogP contribution < -0.4 is 9.46 Å². The zero-order chi connectivity index (χ0) is 17.5. The molecule has 7 nitrogen and oxygen atoms in total. The lowest BCUT2D eigenvalue weighted by Crippen LogP contribution is -2.40. The number of hydrogen-bond acceptors (Lipinski definition) is 5. The van der Waals surface area contributed by atoms with Gasteiger partial charge in [0.1, 0.15) is 10.6 Å². The van der Waals surface area contributed by atoms with Gasteiger partial charge in [-0.05, 0) is 50.0 Å². The Balaban J connectivity index is 1.81. The Morgan fingerprint density at radius 1 is 1.33 bits per heavy atom. The van der Waals surface area contributed by atoms with Gasteiger partial charge in [0.25, 0.3) is 5.69 Å². The van der Waals surface area contributed by atoms with E-state index in [1.807, 2.05) is 6.92 Å². The molecule has 0 heterocycles. The van der Waals surface area contributed by atoms with Crippen LogP contribution in [0.15, 0.2) is 23.1 Å². The molecule has 2 bridgehead atoms. The third-order valence-electron chi connectivity index (χ3n) is 5.42. The lowest BCUT2D eigenvalue weighted by molar-refractivity contribution is -0.385. The number of nitro benzene ring substituents is 1. The largest absolute Gasteiger partial charge is 0.495 e. The number of hydrogen-bond donors (Lipinski definition) is 1. The second-order valence-electron chi connectivity index (χ2n) is 6.84. The number of nitro groups is 1. The Kier molecular flexibility index (Phi) is 4.52. The molecule has 2 aliphatic rings. The van der Waals surface area contributed by atoms with Gasteiger partial charge in [0.05, 0.1) is 18.1 Å². The molecule has 1 aromatic carbocycles. The van der Waals surface area contributed by atoms with E-state index < -0.39 is 14.9 Å². The Morgan fingerprint density at radius 3 is 2.62 bits per heavy atom. The van der Waals surface area contributed by atoms with Crippen LogP contribution in [-0.4, -0.2) is 26.5 Å². The van der Waals surface area contributed by atoms with E-state index in [1.54, 1.807) is 0 Å². The van der Waals surface area contributed by atoms with Crippen molar-refractivity contribution in [3.8, 4) is 5.75 Å². The summed E-state index contributed by atoms with van der Waals surface area (Å²) < 4.78 is 33.2. The minimum atomic E-state index is -3.80. The highest BCUT2D eigenvalue weighted by Crippen LogP contribution is 2.49. The van der Waals surface area contributed by atoms with Gasteiger partial charge in [-0.2, -0.15) is 0 Å². The molecular formula is C16H22N2O5S. The van der Waals surface area contributed by atoms with Gasteiger partial charge in [-0.15, -0.1) is 0 Å². The van der Waals surface area contributed by atoms with E-state index >= 15 is 0 Å². The van der Waals surface area contributed by atoms with Crippen molar-refractivity contribution in [2.45, 2.75) is 43.5 Å². The van der Waals surface area contributed by atoms with Gasteiger partial charge in [0.15, 0.2) is 0 Å². The van der Waals surface area contributed by atoms with Crippen LogP contribution in [0.4, 0.5) is 5.69 Å². The highest BCUT2D eigenvalue weighted by Gasteiger charge is 2.42. The molecule has 4 atom stereocenters. The van der Waals surface area contributed by atoms with E-state index in [4.69, 9.17) is 4.74 Å². The molecule has 0 aliphatic heterocycles. The number of benzene rings is 1. The predicted molar refractivity (Wildman–Crippen MR) is 88.4 cm³/mol. The maximum absolute atomic E-state index is 12.7. The third kappa shape index (κ3) is 3.12. The molecule has 1 aromatic rings. The molecule has 24 heavy (non-hydrogen) atoms. The lowest BCUT2D eigenvalue weighted by Gasteiger charge is -2.28. The lowest BCUT2D eigenvalue weighted by atomic mass is 9.84. The molecule has 3 rings (SSSR count). The minimum absolute atomic E-state index is 0.0168. The topological polar surface area (TPSA) is 98.5 Å². The molecule has 8 heteroatoms. The molecule has 4 unspecified atom stereocenters. The van der Waals surface area contributed by atoms with Crippen LogP contribution in [0.3, 0.4) is 0 Å². The summed E-state index contributed by atoms with van der Waals surface area (Å²) in [7, 11) is -2.49. The van der Waals surface area contributed by atoms with Gasteiger partial charge in [0, 0.05) is 12.1 Å². The van der Waals surface area contributed by atoms with E-state index in [1.165, 1.54) is 38.5 Å². The number of rotatable bonds is 6. The Labute approximate surface area is 141 Å². The van der Waals surface area contributed by atoms with Crippen LogP contribution in [0.25, 0.3) is 0 Å². The fourth-order valence-corrected chi connectivity index (χ4v) is 5.74. The van der Waals surface area contributed by atoms with Crippen molar-refractivity contribution < 1.29 is 18.1 Å². The number of fused-ring (bicyclic) bond motifs is 2. The molecule has 0 radical (unpaired) electrons. The van der Waals surface area contributed by atoms with E-state index in [9.17, 15) is 18.5 Å². The molecule has 0 aromatic heterocycles. The Morgan fingerprint density at radius 2 is 2.08 bits per heavy atom. The molecular weight excluding hydrogens is 332 g/mol. The van der Waals surface area contributed by atoms with Gasteiger partial charge < -0.3 is 4.74 Å². The van der Waals surface area contributed by atoms with Crippen molar-refractivity contribution in [3.05, 3.63) is 28.3 Å². The van der Waals surface area contributed by atoms with Crippen molar-refractivity contribution in [2.75, 3.05) is 7.11 Å². The maximum Gasteiger partial charge on any atom is 0.273 e. The van der Waals surface area contributed by atoms with Gasteiger partial charge in [-0.3, -0.25) is 10.1 Å². The molecule has 132 valence electrons. The van der Waals surface area contributed by atoms with E-state index in [2.05, 4.69) is 4.72 Å². The molecule has 2 fully saturated rings. The SMILES string of the molecule is COc1cc([N+](=O)[O-])ccc1S(=O)(=O)NC(C)C1CC2CCC1C2. The normalized spacial score (nSPS) is 27.2. The summed E-state index contributed by atoms with van der Waals surface area (Å²) >= 11 is 0. The summed E-state index contributed by atoms with van der Waals surface area (Å²) in [6, 6.07) is 3.38. The Bertz CT molecular complexity index is 749. The monoisotopic (exact) mass is 354 g/mol. The minimum Gasteiger partial charge on any atom is -0.495 e. The predicted octanol–water partition coefficient (Wildman–Crippen LogP) is 2.71. The van der Waals surface area contributed by atoms with Crippen molar-refractivity contribution in [1.82, 2.24) is 4.72 Å². The van der Waals surface area contributed by atoms with Crippen LogP contribution in [0.1, 0.15) is 32.6 Å². The summed E-state index contributed by atoms with van der Waals surface area (Å²) in [6.07, 6.45) is 4.72. The summed E-state index contributed by atoms with van der Waals surface area (Å²) in [5.41, 5.74) is -0.202. The first-order valence-corrected chi connectivity index (χ1v) is 9.65. The third-order valence-corrected chi connectivity index (χ3v) is 7.02. The second kappa shape index (κ2) is 6.33. The average molecular weight is 354 g/mol. The van der Waals surface area contributed by atoms with E-state index in [0.717, 1.165) is 18.4 Å². The van der Waals surface area contributed by atoms with Crippen molar-refractivity contribution in [3.63, 3.8) is 0 Å². The molecule has 1 N–H and O–H groups in total. The fourth-order valence-electron chi connectivity index (χ4n) is 4.29. The molecule has 0 saturated heterocycles. The van der Waals surface area contributed by atoms with Crippen LogP contribution >= 0.6 is 0 Å². The maximum atomic E-state index is 12.7. The van der Waals surface area contributed by atoms with Gasteiger partial charge in [0.2, 0.25) is 10.0 Å². The highest BCUT2D eigenvalue weighted by atomic mass is 32.2. The van der Waals surface area contributed by atoms with Crippen molar-refractivity contribution in [2.24, 2.45) is 17.8 Å². The van der Waals surface area contributed by atoms with Gasteiger partial charge in [-0.25, -0.2) is 13.1 Å². The van der Waals surface area contributed by atoms with Crippen molar-refractivity contribution in [1.29, 1.82) is 0 Å². The number of sulfonamides is 1. The molecule has 2 saturated carbocycles. The zero-order valence-corrected chi connectivity index (χ0v) is 14.6. The standard InChI is InChI=1S/C16H22N2O5S/c1-10(14-8-11-3-4-12(14)7-11)17-24(21,22)16-6-5-13(18(19)20)9-15(16)23-2/h5-6,9-12,14,17H,3-4,7-8H2,1-2H3. The summed E-state index contributed by atoms with van der Waals surface area (Å²) in [6.45, 7) is 1.90. The van der Waals surface area contributed by atoms with Crippen LogP contribution in [0.2, 0.25) is 0 Å². The Hall–Kier alpha value is -1.67. The number of methoxy groups -OCH3 is 1. The molecule has 0 spiro atoms. The van der Waals surface area contributed by atoms with Crippen LogP contribution in [-0.2, 0) is 10.0 Å². The summed E-state index contributed by atoms with van der Waals surface area (Å²) in [5.74, 6) is 1.69. The molecule has 2 aliphatic carbocycles. The first kappa shape index (κ1) is 17.2. The smallest absolute Gasteiger partial charge is 0.273 e. The first-order chi connectivity index (χ1) is 11.3. The second-order valence-corrected chi connectivity index (χ2v) is 8.52. The first-order valence-electron chi connectivity index (χ1n) is 8.16. The zero-order valence-electron chi connectivity index (χ0n) is 13.8. The number of nitrogens with one attached hydrogen (secondary N) is 1. The molecule has 0 amide bonds. The summed E-state index contributed by atoms with van der Waals surface area (Å²) in [4.78, 5) is 10.2. The number of non-ortho nitro benzene ring substituents is 1. The van der Waals surface area contributed by atoms with Crippen LogP contribution in [0, 0.1) is 27.9 Å². The number of nitrogens with zero attached hydrogens (tertiary/aromatic N) is 1.